The fourth-order valence-electron chi connectivity index (χ4n) is 3.07. The van der Waals surface area contributed by atoms with Crippen LogP contribution in [-0.2, 0) is 13.6 Å². The number of hydrogen-bond donors (Lipinski definition) is 1. The van der Waals surface area contributed by atoms with Gasteiger partial charge in [-0.25, -0.2) is 4.99 Å². The molecule has 0 unspecified atom stereocenters. The van der Waals surface area contributed by atoms with Crippen molar-refractivity contribution in [2.75, 3.05) is 39.3 Å². The van der Waals surface area contributed by atoms with Crippen molar-refractivity contribution >= 4 is 36.0 Å². The van der Waals surface area contributed by atoms with Crippen molar-refractivity contribution in [3.05, 3.63) is 54.1 Å². The second-order valence-corrected chi connectivity index (χ2v) is 6.63. The van der Waals surface area contributed by atoms with Crippen molar-refractivity contribution in [2.45, 2.75) is 13.5 Å². The number of halogens is 1. The molecule has 1 fully saturated rings. The van der Waals surface area contributed by atoms with Gasteiger partial charge in [0.25, 0.3) is 0 Å². The molecule has 1 aliphatic heterocycles. The Hall–Kier alpha value is -1.94. The quantitative estimate of drug-likeness (QED) is 0.379. The first-order valence-corrected chi connectivity index (χ1v) is 9.56. The Morgan fingerprint density at radius 3 is 2.57 bits per heavy atom. The van der Waals surface area contributed by atoms with Gasteiger partial charge in [-0.05, 0) is 12.5 Å². The van der Waals surface area contributed by atoms with E-state index in [1.165, 1.54) is 5.56 Å². The van der Waals surface area contributed by atoms with Gasteiger partial charge in [0.15, 0.2) is 11.8 Å². The molecule has 1 N–H and O–H groups in total. The Morgan fingerprint density at radius 1 is 1.18 bits per heavy atom. The lowest BCUT2D eigenvalue weighted by atomic mass is 10.2. The van der Waals surface area contributed by atoms with Crippen molar-refractivity contribution in [3.8, 4) is 0 Å². The minimum atomic E-state index is 0. The summed E-state index contributed by atoms with van der Waals surface area (Å²) >= 11 is 0. The van der Waals surface area contributed by atoms with E-state index in [1.807, 2.05) is 17.7 Å². The number of aromatic nitrogens is 3. The van der Waals surface area contributed by atoms with Crippen LogP contribution in [0.25, 0.3) is 6.08 Å². The summed E-state index contributed by atoms with van der Waals surface area (Å²) < 4.78 is 1.91. The van der Waals surface area contributed by atoms with Crippen LogP contribution >= 0.6 is 24.0 Å². The Morgan fingerprint density at radius 2 is 1.93 bits per heavy atom. The van der Waals surface area contributed by atoms with E-state index in [1.54, 1.807) is 6.33 Å². The highest BCUT2D eigenvalue weighted by Crippen LogP contribution is 2.06. The predicted molar refractivity (Wildman–Crippen MR) is 125 cm³/mol. The fraction of sp³-hybridized carbons (Fsp3) is 0.450. The van der Waals surface area contributed by atoms with E-state index < -0.39 is 0 Å². The second-order valence-electron chi connectivity index (χ2n) is 6.63. The number of nitrogens with one attached hydrogen (secondary N) is 1. The van der Waals surface area contributed by atoms with E-state index in [9.17, 15) is 0 Å². The lowest BCUT2D eigenvalue weighted by Crippen LogP contribution is -2.52. The summed E-state index contributed by atoms with van der Waals surface area (Å²) in [6.07, 6.45) is 6.15. The van der Waals surface area contributed by atoms with E-state index in [0.29, 0.717) is 6.54 Å². The smallest absolute Gasteiger partial charge is 0.194 e. The molecule has 152 valence electrons. The summed E-state index contributed by atoms with van der Waals surface area (Å²) in [6, 6.07) is 10.4. The zero-order chi connectivity index (χ0) is 18.9. The third-order valence-corrected chi connectivity index (χ3v) is 4.66. The normalized spacial score (nSPS) is 15.6. The van der Waals surface area contributed by atoms with Crippen LogP contribution in [0.15, 0.2) is 47.7 Å². The topological polar surface area (TPSA) is 61.6 Å². The number of benzene rings is 1. The van der Waals surface area contributed by atoms with Crippen molar-refractivity contribution in [1.29, 1.82) is 0 Å². The molecule has 8 heteroatoms. The van der Waals surface area contributed by atoms with Crippen LogP contribution in [0.2, 0.25) is 0 Å². The molecular weight excluding hydrogens is 465 g/mol. The maximum atomic E-state index is 4.74. The summed E-state index contributed by atoms with van der Waals surface area (Å²) in [6.45, 7) is 8.50. The average Bonchev–Trinajstić information content (AvgIpc) is 3.11. The largest absolute Gasteiger partial charge is 0.357 e. The lowest BCUT2D eigenvalue weighted by molar-refractivity contribution is 0.194. The Labute approximate surface area is 184 Å². The molecule has 0 spiro atoms. The summed E-state index contributed by atoms with van der Waals surface area (Å²) in [5, 5.41) is 11.4. The third kappa shape index (κ3) is 6.59. The van der Waals surface area contributed by atoms with E-state index in [2.05, 4.69) is 68.7 Å². The molecule has 1 aromatic carbocycles. The van der Waals surface area contributed by atoms with Crippen LogP contribution in [-0.4, -0.2) is 69.8 Å². The molecule has 0 bridgehead atoms. The van der Waals surface area contributed by atoms with Gasteiger partial charge in [0.1, 0.15) is 12.9 Å². The maximum Gasteiger partial charge on any atom is 0.194 e. The maximum absolute atomic E-state index is 4.74. The number of aryl methyl sites for hydroxylation is 1. The highest BCUT2D eigenvalue weighted by molar-refractivity contribution is 14.0. The summed E-state index contributed by atoms with van der Waals surface area (Å²) in [5.74, 6) is 1.83. The molecule has 2 heterocycles. The van der Waals surface area contributed by atoms with Gasteiger partial charge in [0.2, 0.25) is 0 Å². The number of hydrogen-bond acceptors (Lipinski definition) is 4. The zero-order valence-corrected chi connectivity index (χ0v) is 19.0. The molecule has 0 aliphatic carbocycles. The Balaban J connectivity index is 0.00000280. The highest BCUT2D eigenvalue weighted by Gasteiger charge is 2.18. The van der Waals surface area contributed by atoms with Gasteiger partial charge in [-0.1, -0.05) is 42.5 Å². The monoisotopic (exact) mass is 495 g/mol. The van der Waals surface area contributed by atoms with E-state index in [0.717, 1.165) is 51.1 Å². The molecule has 0 amide bonds. The summed E-state index contributed by atoms with van der Waals surface area (Å²) in [5.41, 5.74) is 1.25. The van der Waals surface area contributed by atoms with Crippen molar-refractivity contribution < 1.29 is 0 Å². The van der Waals surface area contributed by atoms with Crippen LogP contribution < -0.4 is 5.32 Å². The fourth-order valence-corrected chi connectivity index (χ4v) is 3.07. The van der Waals surface area contributed by atoms with E-state index >= 15 is 0 Å². The van der Waals surface area contributed by atoms with Crippen LogP contribution in [0.4, 0.5) is 0 Å². The number of aliphatic imine (C=N–C) groups is 1. The molecule has 2 aromatic rings. The molecule has 1 saturated heterocycles. The molecular formula is C20H30IN7. The van der Waals surface area contributed by atoms with E-state index in [4.69, 9.17) is 4.99 Å². The van der Waals surface area contributed by atoms with Gasteiger partial charge in [-0.2, -0.15) is 0 Å². The molecule has 0 atom stereocenters. The van der Waals surface area contributed by atoms with Gasteiger partial charge in [0.05, 0.1) is 0 Å². The van der Waals surface area contributed by atoms with Gasteiger partial charge in [0, 0.05) is 46.3 Å². The minimum Gasteiger partial charge on any atom is -0.357 e. The van der Waals surface area contributed by atoms with Crippen LogP contribution in [0.3, 0.4) is 0 Å². The lowest BCUT2D eigenvalue weighted by Gasteiger charge is -2.36. The number of nitrogens with zero attached hydrogens (tertiary/aromatic N) is 6. The van der Waals surface area contributed by atoms with Crippen molar-refractivity contribution in [1.82, 2.24) is 29.9 Å². The van der Waals surface area contributed by atoms with Crippen LogP contribution in [0.5, 0.6) is 0 Å². The average molecular weight is 495 g/mol. The summed E-state index contributed by atoms with van der Waals surface area (Å²) in [4.78, 5) is 9.55. The van der Waals surface area contributed by atoms with Crippen LogP contribution in [0.1, 0.15) is 18.3 Å². The predicted octanol–water partition coefficient (Wildman–Crippen LogP) is 2.23. The van der Waals surface area contributed by atoms with Gasteiger partial charge in [-0.15, -0.1) is 34.2 Å². The molecule has 28 heavy (non-hydrogen) atoms. The Kier molecular flexibility index (Phi) is 9.42. The zero-order valence-electron chi connectivity index (χ0n) is 16.7. The van der Waals surface area contributed by atoms with Crippen LogP contribution in [0, 0.1) is 0 Å². The molecule has 1 aliphatic rings. The molecule has 3 rings (SSSR count). The first kappa shape index (κ1) is 22.4. The highest BCUT2D eigenvalue weighted by atomic mass is 127. The molecule has 7 nitrogen and oxygen atoms in total. The van der Waals surface area contributed by atoms with Gasteiger partial charge >= 0.3 is 0 Å². The molecule has 1 aromatic heterocycles. The van der Waals surface area contributed by atoms with Crippen molar-refractivity contribution in [3.63, 3.8) is 0 Å². The second kappa shape index (κ2) is 11.8. The van der Waals surface area contributed by atoms with Crippen molar-refractivity contribution in [2.24, 2.45) is 12.0 Å². The van der Waals surface area contributed by atoms with E-state index in [-0.39, 0.29) is 24.0 Å². The van der Waals surface area contributed by atoms with Gasteiger partial charge < -0.3 is 14.8 Å². The number of guanidine groups is 1. The summed E-state index contributed by atoms with van der Waals surface area (Å²) in [7, 11) is 1.94. The Bertz CT molecular complexity index is 749. The number of rotatable bonds is 6. The third-order valence-electron chi connectivity index (χ3n) is 4.66. The standard InChI is InChI=1S/C20H29N7.HI/c1-3-21-20(22-16-19-24-23-17-25(19)2)27-14-12-26(13-15-27)11-7-10-18-8-5-4-6-9-18;/h4-10,17H,3,11-16H2,1-2H3,(H,21,22);1H. The SMILES string of the molecule is CCNC(=NCc1nncn1C)N1CCN(CC=Cc2ccccc2)CC1.I. The molecule has 0 radical (unpaired) electrons. The first-order chi connectivity index (χ1) is 13.3. The first-order valence-electron chi connectivity index (χ1n) is 9.56. The van der Waals surface area contributed by atoms with Gasteiger partial charge in [-0.3, -0.25) is 4.90 Å². The molecule has 0 saturated carbocycles. The number of piperazine rings is 1. The minimum absolute atomic E-state index is 0.